The van der Waals surface area contributed by atoms with Crippen LogP contribution in [0.2, 0.25) is 0 Å². The molecule has 0 aliphatic carbocycles. The van der Waals surface area contributed by atoms with Gasteiger partial charge in [-0.25, -0.2) is 4.39 Å². The fourth-order valence-corrected chi connectivity index (χ4v) is 2.11. The predicted molar refractivity (Wildman–Crippen MR) is 63.8 cm³/mol. The third kappa shape index (κ3) is 3.29. The Balaban J connectivity index is 1.91. The summed E-state index contributed by atoms with van der Waals surface area (Å²) in [6.07, 6.45) is 1.22. The van der Waals surface area contributed by atoms with Crippen molar-refractivity contribution < 1.29 is 4.39 Å². The maximum absolute atomic E-state index is 12.8. The molecule has 1 fully saturated rings. The van der Waals surface area contributed by atoms with E-state index in [1.54, 1.807) is 12.1 Å². The molecule has 1 aromatic rings. The number of nitrogens with zero attached hydrogens (tertiary/aromatic N) is 2. The van der Waals surface area contributed by atoms with Crippen LogP contribution in [0.1, 0.15) is 12.0 Å². The third-order valence-corrected chi connectivity index (χ3v) is 3.13. The molecule has 0 radical (unpaired) electrons. The average molecular weight is 222 g/mol. The normalized spacial score (nSPS) is 19.6. The van der Waals surface area contributed by atoms with Crippen LogP contribution >= 0.6 is 0 Å². The number of likely N-dealkylation sites (N-methyl/N-ethyl adjacent to an activating group) is 1. The first kappa shape index (κ1) is 11.6. The molecule has 0 unspecified atom stereocenters. The predicted octanol–water partition coefficient (Wildman–Crippen LogP) is 1.96. The van der Waals surface area contributed by atoms with E-state index < -0.39 is 0 Å². The van der Waals surface area contributed by atoms with E-state index >= 15 is 0 Å². The van der Waals surface area contributed by atoms with Gasteiger partial charge in [-0.1, -0.05) is 12.1 Å². The molecule has 0 aromatic heterocycles. The third-order valence-electron chi connectivity index (χ3n) is 3.13. The molecule has 1 aliphatic rings. The first-order chi connectivity index (χ1) is 7.74. The van der Waals surface area contributed by atoms with Crippen molar-refractivity contribution in [2.24, 2.45) is 0 Å². The second-order valence-corrected chi connectivity index (χ2v) is 4.56. The lowest BCUT2D eigenvalue weighted by atomic mass is 10.2. The van der Waals surface area contributed by atoms with Gasteiger partial charge in [0, 0.05) is 19.6 Å². The summed E-state index contributed by atoms with van der Waals surface area (Å²) in [6.45, 7) is 5.49. The van der Waals surface area contributed by atoms with Gasteiger partial charge in [0.15, 0.2) is 0 Å². The van der Waals surface area contributed by atoms with Crippen LogP contribution in [0.3, 0.4) is 0 Å². The summed E-state index contributed by atoms with van der Waals surface area (Å²) in [4.78, 5) is 4.81. The Morgan fingerprint density at radius 3 is 2.56 bits per heavy atom. The summed E-state index contributed by atoms with van der Waals surface area (Å²) >= 11 is 0. The topological polar surface area (TPSA) is 6.48 Å². The van der Waals surface area contributed by atoms with E-state index in [9.17, 15) is 4.39 Å². The van der Waals surface area contributed by atoms with Crippen molar-refractivity contribution in [1.82, 2.24) is 9.80 Å². The van der Waals surface area contributed by atoms with Crippen LogP contribution in [0, 0.1) is 5.82 Å². The number of hydrogen-bond acceptors (Lipinski definition) is 2. The van der Waals surface area contributed by atoms with Gasteiger partial charge >= 0.3 is 0 Å². The monoisotopic (exact) mass is 222 g/mol. The van der Waals surface area contributed by atoms with Crippen molar-refractivity contribution in [3.05, 3.63) is 35.6 Å². The Labute approximate surface area is 96.7 Å². The summed E-state index contributed by atoms with van der Waals surface area (Å²) in [5.41, 5.74) is 1.20. The molecule has 0 spiro atoms. The van der Waals surface area contributed by atoms with Crippen molar-refractivity contribution in [2.45, 2.75) is 13.0 Å². The largest absolute Gasteiger partial charge is 0.305 e. The molecule has 2 nitrogen and oxygen atoms in total. The van der Waals surface area contributed by atoms with Crippen LogP contribution in [-0.4, -0.2) is 43.0 Å². The second-order valence-electron chi connectivity index (χ2n) is 4.56. The molecule has 0 saturated carbocycles. The number of rotatable bonds is 2. The molecule has 0 bridgehead atoms. The van der Waals surface area contributed by atoms with E-state index in [1.807, 2.05) is 12.1 Å². The SMILES string of the molecule is CN1CCCN(Cc2ccc(F)cc2)CC1. The van der Waals surface area contributed by atoms with Gasteiger partial charge in [0.05, 0.1) is 0 Å². The molecule has 1 heterocycles. The van der Waals surface area contributed by atoms with Gasteiger partial charge in [-0.2, -0.15) is 0 Å². The molecule has 1 aliphatic heterocycles. The lowest BCUT2D eigenvalue weighted by Gasteiger charge is -2.19. The fourth-order valence-electron chi connectivity index (χ4n) is 2.11. The molecule has 1 saturated heterocycles. The fraction of sp³-hybridized carbons (Fsp3) is 0.538. The van der Waals surface area contributed by atoms with Crippen molar-refractivity contribution in [3.8, 4) is 0 Å². The molecule has 88 valence electrons. The molecule has 3 heteroatoms. The van der Waals surface area contributed by atoms with Gasteiger partial charge in [-0.15, -0.1) is 0 Å². The Kier molecular flexibility index (Phi) is 3.91. The van der Waals surface area contributed by atoms with Crippen LogP contribution in [0.25, 0.3) is 0 Å². The van der Waals surface area contributed by atoms with Crippen molar-refractivity contribution in [1.29, 1.82) is 0 Å². The summed E-state index contributed by atoms with van der Waals surface area (Å²) in [7, 11) is 2.17. The van der Waals surface area contributed by atoms with Crippen LogP contribution < -0.4 is 0 Å². The minimum absolute atomic E-state index is 0.153. The highest BCUT2D eigenvalue weighted by Gasteiger charge is 2.11. The van der Waals surface area contributed by atoms with E-state index in [2.05, 4.69) is 16.8 Å². The average Bonchev–Trinajstić information content (AvgIpc) is 2.47. The first-order valence-electron chi connectivity index (χ1n) is 5.89. The Morgan fingerprint density at radius 2 is 1.81 bits per heavy atom. The zero-order valence-corrected chi connectivity index (χ0v) is 9.82. The highest BCUT2D eigenvalue weighted by molar-refractivity contribution is 5.15. The van der Waals surface area contributed by atoms with Crippen LogP contribution in [0.15, 0.2) is 24.3 Å². The van der Waals surface area contributed by atoms with Crippen LogP contribution in [-0.2, 0) is 6.54 Å². The van der Waals surface area contributed by atoms with E-state index in [0.717, 1.165) is 26.2 Å². The summed E-state index contributed by atoms with van der Waals surface area (Å²) in [5, 5.41) is 0. The Bertz CT molecular complexity index is 323. The maximum atomic E-state index is 12.8. The zero-order chi connectivity index (χ0) is 11.4. The molecule has 1 aromatic carbocycles. The van der Waals surface area contributed by atoms with E-state index in [4.69, 9.17) is 0 Å². The molecule has 0 amide bonds. The standard InChI is InChI=1S/C13H19FN2/c1-15-7-2-8-16(10-9-15)11-12-3-5-13(14)6-4-12/h3-6H,2,7-11H2,1H3. The molecule has 0 atom stereocenters. The lowest BCUT2D eigenvalue weighted by Crippen LogP contribution is -2.28. The van der Waals surface area contributed by atoms with Crippen molar-refractivity contribution >= 4 is 0 Å². The molecule has 16 heavy (non-hydrogen) atoms. The smallest absolute Gasteiger partial charge is 0.123 e. The molecule has 0 N–H and O–H groups in total. The van der Waals surface area contributed by atoms with Crippen molar-refractivity contribution in [2.75, 3.05) is 33.2 Å². The lowest BCUT2D eigenvalue weighted by molar-refractivity contribution is 0.269. The Hall–Kier alpha value is -0.930. The second kappa shape index (κ2) is 5.41. The van der Waals surface area contributed by atoms with Crippen LogP contribution in [0.5, 0.6) is 0 Å². The first-order valence-corrected chi connectivity index (χ1v) is 5.89. The van der Waals surface area contributed by atoms with Gasteiger partial charge in [0.25, 0.3) is 0 Å². The quantitative estimate of drug-likeness (QED) is 0.755. The van der Waals surface area contributed by atoms with E-state index in [-0.39, 0.29) is 5.82 Å². The summed E-state index contributed by atoms with van der Waals surface area (Å²) < 4.78 is 12.8. The minimum atomic E-state index is -0.153. The van der Waals surface area contributed by atoms with E-state index in [0.29, 0.717) is 0 Å². The van der Waals surface area contributed by atoms with Gasteiger partial charge in [0.1, 0.15) is 5.82 Å². The number of halogens is 1. The van der Waals surface area contributed by atoms with Crippen LogP contribution in [0.4, 0.5) is 4.39 Å². The summed E-state index contributed by atoms with van der Waals surface area (Å²) in [5.74, 6) is -0.153. The molecule has 2 rings (SSSR count). The highest BCUT2D eigenvalue weighted by atomic mass is 19.1. The molecular formula is C13H19FN2. The minimum Gasteiger partial charge on any atom is -0.305 e. The Morgan fingerprint density at radius 1 is 1.06 bits per heavy atom. The van der Waals surface area contributed by atoms with Crippen molar-refractivity contribution in [3.63, 3.8) is 0 Å². The zero-order valence-electron chi connectivity index (χ0n) is 9.82. The molecular weight excluding hydrogens is 203 g/mol. The van der Waals surface area contributed by atoms with Gasteiger partial charge in [-0.05, 0) is 44.3 Å². The van der Waals surface area contributed by atoms with Gasteiger partial charge < -0.3 is 4.90 Å². The van der Waals surface area contributed by atoms with Gasteiger partial charge in [0.2, 0.25) is 0 Å². The van der Waals surface area contributed by atoms with E-state index in [1.165, 1.54) is 18.5 Å². The number of hydrogen-bond donors (Lipinski definition) is 0. The summed E-state index contributed by atoms with van der Waals surface area (Å²) in [6, 6.07) is 6.84. The van der Waals surface area contributed by atoms with Gasteiger partial charge in [-0.3, -0.25) is 4.90 Å². The maximum Gasteiger partial charge on any atom is 0.123 e. The highest BCUT2D eigenvalue weighted by Crippen LogP contribution is 2.09. The number of benzene rings is 1.